The lowest BCUT2D eigenvalue weighted by Gasteiger charge is -2.07. The molecular weight excluding hydrogens is 156 g/mol. The molecule has 2 unspecified atom stereocenters. The minimum absolute atomic E-state index is 0.834. The van der Waals surface area contributed by atoms with Crippen LogP contribution in [0.4, 0.5) is 0 Å². The maximum atomic E-state index is 2.32. The van der Waals surface area contributed by atoms with Gasteiger partial charge in [0, 0.05) is 0 Å². The van der Waals surface area contributed by atoms with Crippen LogP contribution in [0.3, 0.4) is 0 Å². The van der Waals surface area contributed by atoms with Crippen LogP contribution in [-0.4, -0.2) is 0 Å². The van der Waals surface area contributed by atoms with E-state index >= 15 is 0 Å². The van der Waals surface area contributed by atoms with Gasteiger partial charge in [-0.05, 0) is 42.2 Å². The average Bonchev–Trinajstić information content (AvgIpc) is 2.56. The van der Waals surface area contributed by atoms with Crippen molar-refractivity contribution in [2.45, 2.75) is 44.9 Å². The molecule has 1 aliphatic rings. The summed E-state index contributed by atoms with van der Waals surface area (Å²) < 4.78 is 0. The summed E-state index contributed by atoms with van der Waals surface area (Å²) in [6.45, 7) is 4.61. The first kappa shape index (κ1) is 8.80. The fraction of sp³-hybridized carbons (Fsp3) is 0.538. The van der Waals surface area contributed by atoms with E-state index in [0.717, 1.165) is 11.8 Å². The Balaban J connectivity index is 2.38. The quantitative estimate of drug-likeness (QED) is 0.633. The second-order valence-corrected chi connectivity index (χ2v) is 4.07. The van der Waals surface area contributed by atoms with E-state index in [-0.39, 0.29) is 0 Å². The first-order valence-electron chi connectivity index (χ1n) is 5.45. The molecule has 0 fully saturated rings. The molecule has 0 spiro atoms. The highest BCUT2D eigenvalue weighted by Gasteiger charge is 2.27. The third-order valence-corrected chi connectivity index (χ3v) is 3.43. The van der Waals surface area contributed by atoms with Crippen LogP contribution in [0.2, 0.25) is 0 Å². The number of rotatable bonds is 2. The molecule has 1 aromatic rings. The van der Waals surface area contributed by atoms with Crippen LogP contribution in [-0.2, 0) is 0 Å². The molecule has 0 saturated carbocycles. The van der Waals surface area contributed by atoms with E-state index in [9.17, 15) is 0 Å². The molecular formula is C13H18. The van der Waals surface area contributed by atoms with E-state index < -0.39 is 0 Å². The Morgan fingerprint density at radius 3 is 1.85 bits per heavy atom. The van der Waals surface area contributed by atoms with Crippen molar-refractivity contribution in [3.8, 4) is 0 Å². The molecule has 13 heavy (non-hydrogen) atoms. The van der Waals surface area contributed by atoms with Crippen LogP contribution < -0.4 is 0 Å². The van der Waals surface area contributed by atoms with Gasteiger partial charge in [0.1, 0.15) is 0 Å². The normalized spacial score (nSPS) is 26.0. The van der Waals surface area contributed by atoms with Crippen molar-refractivity contribution < 1.29 is 0 Å². The van der Waals surface area contributed by atoms with Crippen LogP contribution in [0.25, 0.3) is 0 Å². The van der Waals surface area contributed by atoms with E-state index in [2.05, 4.69) is 38.1 Å². The van der Waals surface area contributed by atoms with Crippen molar-refractivity contribution in [3.05, 3.63) is 35.4 Å². The van der Waals surface area contributed by atoms with Gasteiger partial charge in [0.15, 0.2) is 0 Å². The first-order valence-corrected chi connectivity index (χ1v) is 5.45. The average molecular weight is 174 g/mol. The van der Waals surface area contributed by atoms with Crippen LogP contribution >= 0.6 is 0 Å². The molecule has 2 atom stereocenters. The lowest BCUT2D eigenvalue weighted by atomic mass is 9.98. The van der Waals surface area contributed by atoms with Gasteiger partial charge < -0.3 is 0 Å². The smallest absolute Gasteiger partial charge is 0.0156 e. The molecule has 0 aromatic heterocycles. The van der Waals surface area contributed by atoms with E-state index in [4.69, 9.17) is 0 Å². The Morgan fingerprint density at radius 1 is 1.00 bits per heavy atom. The first-order chi connectivity index (χ1) is 6.36. The molecule has 0 radical (unpaired) electrons. The highest BCUT2D eigenvalue weighted by Crippen LogP contribution is 2.44. The maximum absolute atomic E-state index is 2.32. The fourth-order valence-corrected chi connectivity index (χ4v) is 2.63. The highest BCUT2D eigenvalue weighted by molar-refractivity contribution is 5.38. The number of benzene rings is 1. The third kappa shape index (κ3) is 1.39. The number of hydrogen-bond donors (Lipinski definition) is 0. The minimum Gasteiger partial charge on any atom is -0.0648 e. The molecule has 0 saturated heterocycles. The summed E-state index contributed by atoms with van der Waals surface area (Å²) in [5.74, 6) is 1.67. The second kappa shape index (κ2) is 3.53. The minimum atomic E-state index is 0.834. The summed E-state index contributed by atoms with van der Waals surface area (Å²) in [4.78, 5) is 0. The fourth-order valence-electron chi connectivity index (χ4n) is 2.63. The predicted octanol–water partition coefficient (Wildman–Crippen LogP) is 4.08. The zero-order valence-corrected chi connectivity index (χ0v) is 8.59. The van der Waals surface area contributed by atoms with Crippen molar-refractivity contribution in [1.82, 2.24) is 0 Å². The number of fused-ring (bicyclic) bond motifs is 1. The summed E-state index contributed by atoms with van der Waals surface area (Å²) in [6, 6.07) is 9.00. The Hall–Kier alpha value is -0.780. The van der Waals surface area contributed by atoms with Crippen LogP contribution in [0.15, 0.2) is 24.3 Å². The van der Waals surface area contributed by atoms with E-state index in [1.807, 2.05) is 0 Å². The lowest BCUT2D eigenvalue weighted by molar-refractivity contribution is 0.564. The van der Waals surface area contributed by atoms with Crippen LogP contribution in [0.1, 0.15) is 56.1 Å². The van der Waals surface area contributed by atoms with Gasteiger partial charge in [0.25, 0.3) is 0 Å². The monoisotopic (exact) mass is 174 g/mol. The molecule has 2 rings (SSSR count). The molecule has 0 amide bonds. The van der Waals surface area contributed by atoms with Crippen LogP contribution in [0.5, 0.6) is 0 Å². The van der Waals surface area contributed by atoms with Crippen molar-refractivity contribution in [2.24, 2.45) is 0 Å². The molecule has 70 valence electrons. The zero-order chi connectivity index (χ0) is 9.26. The van der Waals surface area contributed by atoms with Gasteiger partial charge in [0.2, 0.25) is 0 Å². The molecule has 0 heteroatoms. The van der Waals surface area contributed by atoms with Crippen molar-refractivity contribution >= 4 is 0 Å². The summed E-state index contributed by atoms with van der Waals surface area (Å²) >= 11 is 0. The standard InChI is InChI=1S/C13H18/c1-3-10-9-11(4-2)13-8-6-5-7-12(10)13/h5-8,10-11H,3-4,9H2,1-2H3. The highest BCUT2D eigenvalue weighted by atomic mass is 14.3. The molecule has 1 aromatic carbocycles. The van der Waals surface area contributed by atoms with E-state index in [0.29, 0.717) is 0 Å². The van der Waals surface area contributed by atoms with Gasteiger partial charge in [-0.15, -0.1) is 0 Å². The summed E-state index contributed by atoms with van der Waals surface area (Å²) in [5, 5.41) is 0. The van der Waals surface area contributed by atoms with Gasteiger partial charge >= 0.3 is 0 Å². The molecule has 0 bridgehead atoms. The molecule has 0 nitrogen and oxygen atoms in total. The largest absolute Gasteiger partial charge is 0.0648 e. The molecule has 0 heterocycles. The SMILES string of the molecule is CCC1CC(CC)c2ccccc21. The molecule has 0 aliphatic heterocycles. The van der Waals surface area contributed by atoms with Gasteiger partial charge in [-0.25, -0.2) is 0 Å². The van der Waals surface area contributed by atoms with Crippen molar-refractivity contribution in [1.29, 1.82) is 0 Å². The summed E-state index contributed by atoms with van der Waals surface area (Å²) in [6.07, 6.45) is 3.98. The number of hydrogen-bond acceptors (Lipinski definition) is 0. The topological polar surface area (TPSA) is 0 Å². The van der Waals surface area contributed by atoms with Crippen molar-refractivity contribution in [2.75, 3.05) is 0 Å². The van der Waals surface area contributed by atoms with E-state index in [1.54, 1.807) is 11.1 Å². The van der Waals surface area contributed by atoms with Gasteiger partial charge in [-0.2, -0.15) is 0 Å². The van der Waals surface area contributed by atoms with Gasteiger partial charge in [-0.1, -0.05) is 38.1 Å². The Labute approximate surface area is 81.0 Å². The van der Waals surface area contributed by atoms with Gasteiger partial charge in [0.05, 0.1) is 0 Å². The zero-order valence-electron chi connectivity index (χ0n) is 8.59. The lowest BCUT2D eigenvalue weighted by Crippen LogP contribution is -1.90. The molecule has 0 N–H and O–H groups in total. The molecule has 1 aliphatic carbocycles. The maximum Gasteiger partial charge on any atom is -0.0156 e. The third-order valence-electron chi connectivity index (χ3n) is 3.43. The Morgan fingerprint density at radius 2 is 1.46 bits per heavy atom. The van der Waals surface area contributed by atoms with Crippen molar-refractivity contribution in [3.63, 3.8) is 0 Å². The summed E-state index contributed by atoms with van der Waals surface area (Å²) in [7, 11) is 0. The Bertz CT molecular complexity index is 259. The second-order valence-electron chi connectivity index (χ2n) is 4.07. The van der Waals surface area contributed by atoms with Crippen LogP contribution in [0, 0.1) is 0 Å². The Kier molecular flexibility index (Phi) is 2.39. The summed E-state index contributed by atoms with van der Waals surface area (Å²) in [5.41, 5.74) is 3.24. The van der Waals surface area contributed by atoms with Gasteiger partial charge in [-0.3, -0.25) is 0 Å². The predicted molar refractivity (Wildman–Crippen MR) is 57.1 cm³/mol. The van der Waals surface area contributed by atoms with E-state index in [1.165, 1.54) is 19.3 Å².